The third-order valence-electron chi connectivity index (χ3n) is 8.58. The van der Waals surface area contributed by atoms with E-state index in [-0.39, 0.29) is 0 Å². The van der Waals surface area contributed by atoms with Crippen molar-refractivity contribution in [3.8, 4) is 51.2 Å². The van der Waals surface area contributed by atoms with Gasteiger partial charge in [-0.3, -0.25) is 4.99 Å². The molecule has 0 radical (unpaired) electrons. The Labute approximate surface area is 275 Å². The van der Waals surface area contributed by atoms with Crippen LogP contribution in [0.2, 0.25) is 0 Å². The zero-order chi connectivity index (χ0) is 32.3. The predicted molar refractivity (Wildman–Crippen MR) is 190 cm³/mol. The lowest BCUT2D eigenvalue weighted by Gasteiger charge is -2.10. The number of rotatable bonds is 9. The van der Waals surface area contributed by atoms with Crippen molar-refractivity contribution in [2.45, 2.75) is 13.3 Å². The van der Waals surface area contributed by atoms with Crippen LogP contribution in [0.15, 0.2) is 126 Å². The second-order valence-corrected chi connectivity index (χ2v) is 11.5. The average molecular weight is 618 g/mol. The number of nitrogens with zero attached hydrogens (tertiary/aromatic N) is 2. The summed E-state index contributed by atoms with van der Waals surface area (Å²) >= 11 is 0. The van der Waals surface area contributed by atoms with Crippen molar-refractivity contribution in [2.24, 2.45) is 4.99 Å². The van der Waals surface area contributed by atoms with Crippen LogP contribution in [0.5, 0.6) is 17.2 Å². The molecule has 6 heteroatoms. The van der Waals surface area contributed by atoms with E-state index in [1.54, 1.807) is 21.3 Å². The number of aromatic nitrogens is 2. The summed E-state index contributed by atoms with van der Waals surface area (Å²) in [6.07, 6.45) is 0.668. The molecule has 7 rings (SSSR count). The smallest absolute Gasteiger partial charge is 0.139 e. The van der Waals surface area contributed by atoms with Crippen molar-refractivity contribution in [2.75, 3.05) is 21.3 Å². The van der Waals surface area contributed by atoms with Gasteiger partial charge in [0, 0.05) is 34.2 Å². The Kier molecular flexibility index (Phi) is 8.15. The summed E-state index contributed by atoms with van der Waals surface area (Å²) in [4.78, 5) is 14.2. The van der Waals surface area contributed by atoms with E-state index in [4.69, 9.17) is 24.2 Å². The lowest BCUT2D eigenvalue weighted by atomic mass is 9.94. The van der Waals surface area contributed by atoms with Crippen LogP contribution < -0.4 is 14.2 Å². The second-order valence-electron chi connectivity index (χ2n) is 11.5. The number of ether oxygens (including phenoxy) is 3. The molecule has 1 aromatic heterocycles. The highest BCUT2D eigenvalue weighted by atomic mass is 16.5. The first kappa shape index (κ1) is 29.8. The first-order chi connectivity index (χ1) is 23.0. The maximum Gasteiger partial charge on any atom is 0.139 e. The Morgan fingerprint density at radius 1 is 0.553 bits per heavy atom. The number of hydrogen-bond donors (Lipinski definition) is 1. The summed E-state index contributed by atoms with van der Waals surface area (Å²) in [7, 11) is 5.04. The SMILES string of the molecule is COc1ccc(C2=C(c3ccc(OC)cc3)N=C(c3ccccc3-c3nc(-c4ccc(C)cc4)c(-c4ccc(OC)cc4)[nH]3)C2)cc1. The van der Waals surface area contributed by atoms with Crippen LogP contribution in [-0.4, -0.2) is 37.0 Å². The summed E-state index contributed by atoms with van der Waals surface area (Å²) in [6, 6.07) is 41.2. The summed E-state index contributed by atoms with van der Waals surface area (Å²) in [6.45, 7) is 2.09. The summed E-state index contributed by atoms with van der Waals surface area (Å²) < 4.78 is 16.3. The molecule has 1 N–H and O–H groups in total. The normalized spacial score (nSPS) is 12.6. The van der Waals surface area contributed by atoms with Crippen molar-refractivity contribution in [3.05, 3.63) is 144 Å². The molecular weight excluding hydrogens is 582 g/mol. The van der Waals surface area contributed by atoms with Gasteiger partial charge in [0.1, 0.15) is 23.1 Å². The second kappa shape index (κ2) is 12.9. The van der Waals surface area contributed by atoms with Crippen molar-refractivity contribution < 1.29 is 14.2 Å². The van der Waals surface area contributed by atoms with E-state index in [1.807, 2.05) is 36.4 Å². The highest BCUT2D eigenvalue weighted by molar-refractivity contribution is 6.19. The number of imidazole rings is 1. The molecular formula is C41H35N3O3. The molecule has 0 saturated carbocycles. The topological polar surface area (TPSA) is 68.7 Å². The molecule has 0 unspecified atom stereocenters. The number of H-pyrrole nitrogens is 1. The van der Waals surface area contributed by atoms with Crippen LogP contribution in [0.4, 0.5) is 0 Å². The Bertz CT molecular complexity index is 2090. The summed E-state index contributed by atoms with van der Waals surface area (Å²) in [5.74, 6) is 3.22. The van der Waals surface area contributed by atoms with Crippen molar-refractivity contribution >= 4 is 17.0 Å². The molecule has 6 aromatic rings. The average Bonchev–Trinajstić information content (AvgIpc) is 3.78. The van der Waals surface area contributed by atoms with Gasteiger partial charge in [-0.05, 0) is 78.7 Å². The van der Waals surface area contributed by atoms with Crippen LogP contribution in [-0.2, 0) is 0 Å². The third-order valence-corrected chi connectivity index (χ3v) is 8.58. The zero-order valence-corrected chi connectivity index (χ0v) is 26.9. The van der Waals surface area contributed by atoms with Gasteiger partial charge in [0.05, 0.1) is 44.1 Å². The molecule has 1 aliphatic heterocycles. The lowest BCUT2D eigenvalue weighted by Crippen LogP contribution is -2.01. The molecule has 0 aliphatic carbocycles. The zero-order valence-electron chi connectivity index (χ0n) is 26.9. The number of allylic oxidation sites excluding steroid dienone is 1. The maximum atomic E-state index is 5.44. The predicted octanol–water partition coefficient (Wildman–Crippen LogP) is 9.51. The van der Waals surface area contributed by atoms with Crippen molar-refractivity contribution in [1.82, 2.24) is 9.97 Å². The Morgan fingerprint density at radius 2 is 1.06 bits per heavy atom. The fourth-order valence-electron chi connectivity index (χ4n) is 6.00. The lowest BCUT2D eigenvalue weighted by molar-refractivity contribution is 0.414. The van der Waals surface area contributed by atoms with E-state index in [1.165, 1.54) is 5.56 Å². The highest BCUT2D eigenvalue weighted by Gasteiger charge is 2.25. The molecule has 232 valence electrons. The molecule has 0 bridgehead atoms. The fraction of sp³-hybridized carbons (Fsp3) is 0.122. The minimum Gasteiger partial charge on any atom is -0.497 e. The van der Waals surface area contributed by atoms with Gasteiger partial charge in [0.25, 0.3) is 0 Å². The molecule has 5 aromatic carbocycles. The summed E-state index contributed by atoms with van der Waals surface area (Å²) in [5, 5.41) is 0. The van der Waals surface area contributed by atoms with Gasteiger partial charge in [0.15, 0.2) is 0 Å². The van der Waals surface area contributed by atoms with Crippen LogP contribution in [0, 0.1) is 6.92 Å². The van der Waals surface area contributed by atoms with E-state index >= 15 is 0 Å². The van der Waals surface area contributed by atoms with Gasteiger partial charge < -0.3 is 19.2 Å². The molecule has 0 atom stereocenters. The minimum absolute atomic E-state index is 0.668. The Hall–Kier alpha value is -5.88. The van der Waals surface area contributed by atoms with Crippen molar-refractivity contribution in [1.29, 1.82) is 0 Å². The number of hydrogen-bond acceptors (Lipinski definition) is 5. The van der Waals surface area contributed by atoms with Gasteiger partial charge in [-0.1, -0.05) is 66.2 Å². The maximum absolute atomic E-state index is 5.44. The standard InChI is InChI=1S/C41H35N3O3/c1-26-9-11-29(12-10-26)39-40(30-17-23-33(47-4)24-18-30)44-41(43-39)35-8-6-5-7-34(35)37-25-36(27-13-19-31(45-2)20-14-27)38(42-37)28-15-21-32(46-3)22-16-28/h5-24H,25H2,1-4H3,(H,43,44). The van der Waals surface area contributed by atoms with E-state index < -0.39 is 0 Å². The number of benzene rings is 5. The van der Waals surface area contributed by atoms with E-state index in [0.717, 1.165) is 84.8 Å². The first-order valence-corrected chi connectivity index (χ1v) is 15.6. The molecule has 0 amide bonds. The van der Waals surface area contributed by atoms with Crippen molar-refractivity contribution in [3.63, 3.8) is 0 Å². The quantitative estimate of drug-likeness (QED) is 0.175. The molecule has 0 spiro atoms. The number of aliphatic imine (C=N–C) groups is 1. The van der Waals surface area contributed by atoms with E-state index in [2.05, 4.69) is 96.8 Å². The van der Waals surface area contributed by atoms with E-state index in [0.29, 0.717) is 6.42 Å². The first-order valence-electron chi connectivity index (χ1n) is 15.6. The monoisotopic (exact) mass is 617 g/mol. The molecule has 2 heterocycles. The number of nitrogens with one attached hydrogen (secondary N) is 1. The minimum atomic E-state index is 0.668. The van der Waals surface area contributed by atoms with E-state index in [9.17, 15) is 0 Å². The Balaban J connectivity index is 1.34. The number of aryl methyl sites for hydroxylation is 1. The van der Waals surface area contributed by atoms with Crippen LogP contribution in [0.1, 0.15) is 28.7 Å². The highest BCUT2D eigenvalue weighted by Crippen LogP contribution is 2.41. The number of aromatic amines is 1. The van der Waals surface area contributed by atoms with Gasteiger partial charge in [0.2, 0.25) is 0 Å². The molecule has 1 aliphatic rings. The van der Waals surface area contributed by atoms with Gasteiger partial charge in [-0.15, -0.1) is 0 Å². The third kappa shape index (κ3) is 5.93. The Morgan fingerprint density at radius 3 is 1.64 bits per heavy atom. The van der Waals surface area contributed by atoms with Gasteiger partial charge in [-0.2, -0.15) is 0 Å². The number of methoxy groups -OCH3 is 3. The van der Waals surface area contributed by atoms with Gasteiger partial charge in [-0.25, -0.2) is 4.98 Å². The largest absolute Gasteiger partial charge is 0.497 e. The molecule has 0 fully saturated rings. The molecule has 47 heavy (non-hydrogen) atoms. The fourth-order valence-corrected chi connectivity index (χ4v) is 6.00. The molecule has 6 nitrogen and oxygen atoms in total. The van der Waals surface area contributed by atoms with Crippen LogP contribution >= 0.6 is 0 Å². The van der Waals surface area contributed by atoms with Gasteiger partial charge >= 0.3 is 0 Å². The summed E-state index contributed by atoms with van der Waals surface area (Å²) in [5.41, 5.74) is 12.4. The molecule has 0 saturated heterocycles. The van der Waals surface area contributed by atoms with Crippen LogP contribution in [0.25, 0.3) is 45.2 Å². The van der Waals surface area contributed by atoms with Crippen LogP contribution in [0.3, 0.4) is 0 Å².